The summed E-state index contributed by atoms with van der Waals surface area (Å²) in [5, 5.41) is 11.0. The van der Waals surface area contributed by atoms with Gasteiger partial charge in [0.15, 0.2) is 0 Å². The van der Waals surface area contributed by atoms with Gasteiger partial charge in [-0.25, -0.2) is 5.43 Å². The lowest BCUT2D eigenvalue weighted by molar-refractivity contribution is 0.0950. The van der Waals surface area contributed by atoms with E-state index in [-0.39, 0.29) is 5.91 Å². The quantitative estimate of drug-likeness (QED) is 0.570. The molecule has 0 unspecified atom stereocenters. The van der Waals surface area contributed by atoms with Gasteiger partial charge in [0, 0.05) is 5.56 Å². The lowest BCUT2D eigenvalue weighted by atomic mass is 10.0. The lowest BCUT2D eigenvalue weighted by Gasteiger charge is -2.01. The zero-order chi connectivity index (χ0) is 17.1. The summed E-state index contributed by atoms with van der Waals surface area (Å²) in [4.78, 5) is 12.2. The van der Waals surface area contributed by atoms with Gasteiger partial charge >= 0.3 is 0 Å². The number of benzene rings is 1. The number of hydrogen-bond donors (Lipinski definition) is 2. The number of hydrazone groups is 1. The number of carbonyl (C=O) groups excluding carboxylic acids is 1. The highest BCUT2D eigenvalue weighted by Crippen LogP contribution is 2.20. The SMILES string of the molecule is C/C(=N/NC(=O)c1cc(-c2ccc(C)c(C)c2)n[nH]1)c1ccco1. The number of amides is 1. The van der Waals surface area contributed by atoms with Crippen molar-refractivity contribution < 1.29 is 9.21 Å². The molecule has 6 nitrogen and oxygen atoms in total. The molecule has 0 aliphatic rings. The van der Waals surface area contributed by atoms with Gasteiger partial charge in [0.05, 0.1) is 12.0 Å². The van der Waals surface area contributed by atoms with E-state index in [9.17, 15) is 4.79 Å². The molecule has 0 aliphatic carbocycles. The summed E-state index contributed by atoms with van der Waals surface area (Å²) >= 11 is 0. The maximum atomic E-state index is 12.2. The predicted molar refractivity (Wildman–Crippen MR) is 91.9 cm³/mol. The number of nitrogens with zero attached hydrogens (tertiary/aromatic N) is 2. The van der Waals surface area contributed by atoms with Crippen molar-refractivity contribution in [1.82, 2.24) is 15.6 Å². The summed E-state index contributed by atoms with van der Waals surface area (Å²) in [6.45, 7) is 5.86. The van der Waals surface area contributed by atoms with Gasteiger partial charge in [-0.05, 0) is 56.2 Å². The number of rotatable bonds is 4. The van der Waals surface area contributed by atoms with E-state index < -0.39 is 0 Å². The number of aromatic amines is 1. The van der Waals surface area contributed by atoms with Crippen molar-refractivity contribution >= 4 is 11.6 Å². The molecule has 6 heteroatoms. The smallest absolute Gasteiger partial charge is 0.289 e. The number of aromatic nitrogens is 2. The van der Waals surface area contributed by atoms with Crippen molar-refractivity contribution in [2.75, 3.05) is 0 Å². The number of carbonyl (C=O) groups is 1. The fourth-order valence-electron chi connectivity index (χ4n) is 2.22. The third-order valence-electron chi connectivity index (χ3n) is 3.83. The molecule has 0 saturated carbocycles. The first-order valence-electron chi connectivity index (χ1n) is 7.56. The number of aryl methyl sites for hydroxylation is 2. The Morgan fingerprint density at radius 1 is 1.21 bits per heavy atom. The average molecular weight is 322 g/mol. The molecule has 0 fully saturated rings. The molecular formula is C18H18N4O2. The monoisotopic (exact) mass is 322 g/mol. The molecule has 24 heavy (non-hydrogen) atoms. The normalized spacial score (nSPS) is 11.5. The van der Waals surface area contributed by atoms with Crippen LogP contribution in [0.3, 0.4) is 0 Å². The zero-order valence-corrected chi connectivity index (χ0v) is 13.8. The Bertz CT molecular complexity index is 892. The lowest BCUT2D eigenvalue weighted by Crippen LogP contribution is -2.19. The van der Waals surface area contributed by atoms with Gasteiger partial charge in [0.25, 0.3) is 5.91 Å². The van der Waals surface area contributed by atoms with E-state index in [1.54, 1.807) is 31.4 Å². The van der Waals surface area contributed by atoms with Crippen LogP contribution >= 0.6 is 0 Å². The first-order valence-corrected chi connectivity index (χ1v) is 7.56. The maximum Gasteiger partial charge on any atom is 0.289 e. The van der Waals surface area contributed by atoms with E-state index in [1.807, 2.05) is 25.1 Å². The van der Waals surface area contributed by atoms with Crippen LogP contribution in [-0.4, -0.2) is 21.8 Å². The van der Waals surface area contributed by atoms with E-state index in [2.05, 4.69) is 27.6 Å². The van der Waals surface area contributed by atoms with Crippen LogP contribution in [0.2, 0.25) is 0 Å². The fraction of sp³-hybridized carbons (Fsp3) is 0.167. The summed E-state index contributed by atoms with van der Waals surface area (Å²) in [6.07, 6.45) is 1.56. The molecule has 122 valence electrons. The van der Waals surface area contributed by atoms with E-state index in [1.165, 1.54) is 11.1 Å². The Morgan fingerprint density at radius 2 is 2.04 bits per heavy atom. The van der Waals surface area contributed by atoms with Crippen LogP contribution in [0.25, 0.3) is 11.3 Å². The zero-order valence-electron chi connectivity index (χ0n) is 13.8. The highest BCUT2D eigenvalue weighted by atomic mass is 16.3. The van der Waals surface area contributed by atoms with Crippen molar-refractivity contribution in [2.24, 2.45) is 5.10 Å². The number of nitrogens with one attached hydrogen (secondary N) is 2. The minimum absolute atomic E-state index is 0.347. The van der Waals surface area contributed by atoms with E-state index in [0.29, 0.717) is 17.2 Å². The largest absolute Gasteiger partial charge is 0.463 e. The van der Waals surface area contributed by atoms with Crippen molar-refractivity contribution in [2.45, 2.75) is 20.8 Å². The molecule has 2 aromatic heterocycles. The first-order chi connectivity index (χ1) is 11.5. The van der Waals surface area contributed by atoms with Gasteiger partial charge in [0.1, 0.15) is 17.2 Å². The summed E-state index contributed by atoms with van der Waals surface area (Å²) in [7, 11) is 0. The van der Waals surface area contributed by atoms with Crippen LogP contribution in [0.15, 0.2) is 52.2 Å². The molecule has 2 heterocycles. The second-order valence-corrected chi connectivity index (χ2v) is 5.58. The Labute approximate surface area is 139 Å². The molecule has 1 aromatic carbocycles. The second kappa shape index (κ2) is 6.54. The van der Waals surface area contributed by atoms with Crippen LogP contribution in [-0.2, 0) is 0 Å². The standard InChI is InChI=1S/C18H18N4O2/c1-11-6-7-14(9-12(11)2)15-10-16(21-20-15)18(23)22-19-13(3)17-5-4-8-24-17/h4-10H,1-3H3,(H,20,21)(H,22,23)/b19-13-. The fourth-order valence-corrected chi connectivity index (χ4v) is 2.22. The topological polar surface area (TPSA) is 83.3 Å². The molecule has 3 aromatic rings. The van der Waals surface area contributed by atoms with Gasteiger partial charge in [-0.3, -0.25) is 9.89 Å². The van der Waals surface area contributed by atoms with Crippen molar-refractivity contribution in [3.8, 4) is 11.3 Å². The molecule has 0 radical (unpaired) electrons. The average Bonchev–Trinajstić information content (AvgIpc) is 3.26. The van der Waals surface area contributed by atoms with Crippen LogP contribution in [0.4, 0.5) is 0 Å². The van der Waals surface area contributed by atoms with Crippen LogP contribution in [0.1, 0.15) is 34.3 Å². The summed E-state index contributed by atoms with van der Waals surface area (Å²) < 4.78 is 5.21. The molecule has 0 atom stereocenters. The molecule has 0 bridgehead atoms. The molecule has 0 spiro atoms. The second-order valence-electron chi connectivity index (χ2n) is 5.58. The Balaban J connectivity index is 1.74. The van der Waals surface area contributed by atoms with Gasteiger partial charge in [-0.15, -0.1) is 0 Å². The van der Waals surface area contributed by atoms with Gasteiger partial charge in [-0.1, -0.05) is 12.1 Å². The first kappa shape index (κ1) is 15.7. The van der Waals surface area contributed by atoms with E-state index in [0.717, 1.165) is 11.3 Å². The molecule has 3 rings (SSSR count). The number of H-pyrrole nitrogens is 1. The molecule has 1 amide bonds. The third-order valence-corrected chi connectivity index (χ3v) is 3.83. The van der Waals surface area contributed by atoms with E-state index >= 15 is 0 Å². The molecule has 0 saturated heterocycles. The van der Waals surface area contributed by atoms with Crippen LogP contribution in [0, 0.1) is 13.8 Å². The van der Waals surface area contributed by atoms with E-state index in [4.69, 9.17) is 4.42 Å². The third kappa shape index (κ3) is 3.27. The summed E-state index contributed by atoms with van der Waals surface area (Å²) in [6, 6.07) is 11.3. The Kier molecular flexibility index (Phi) is 4.29. The molecular weight excluding hydrogens is 304 g/mol. The summed E-state index contributed by atoms with van der Waals surface area (Å²) in [5.41, 5.74) is 7.50. The van der Waals surface area contributed by atoms with Gasteiger partial charge in [0.2, 0.25) is 0 Å². The van der Waals surface area contributed by atoms with Crippen molar-refractivity contribution in [3.05, 3.63) is 65.2 Å². The maximum absolute atomic E-state index is 12.2. The van der Waals surface area contributed by atoms with Crippen LogP contribution < -0.4 is 5.43 Å². The highest BCUT2D eigenvalue weighted by molar-refractivity contribution is 5.98. The molecule has 2 N–H and O–H groups in total. The minimum Gasteiger partial charge on any atom is -0.463 e. The Morgan fingerprint density at radius 3 is 2.75 bits per heavy atom. The number of hydrogen-bond acceptors (Lipinski definition) is 4. The van der Waals surface area contributed by atoms with Crippen molar-refractivity contribution in [1.29, 1.82) is 0 Å². The van der Waals surface area contributed by atoms with Gasteiger partial charge < -0.3 is 4.42 Å². The van der Waals surface area contributed by atoms with Gasteiger partial charge in [-0.2, -0.15) is 10.2 Å². The van der Waals surface area contributed by atoms with Crippen LogP contribution in [0.5, 0.6) is 0 Å². The van der Waals surface area contributed by atoms with Crippen molar-refractivity contribution in [3.63, 3.8) is 0 Å². The minimum atomic E-state index is -0.358. The Hall–Kier alpha value is -3.15. The summed E-state index contributed by atoms with van der Waals surface area (Å²) in [5.74, 6) is 0.249. The molecule has 0 aliphatic heterocycles. The highest BCUT2D eigenvalue weighted by Gasteiger charge is 2.11. The predicted octanol–water partition coefficient (Wildman–Crippen LogP) is 3.44. The number of furan rings is 1.